The maximum absolute atomic E-state index is 12.2. The highest BCUT2D eigenvalue weighted by atomic mass is 16.5. The summed E-state index contributed by atoms with van der Waals surface area (Å²) < 4.78 is 4.74. The molecule has 0 unspecified atom stereocenters. The van der Waals surface area contributed by atoms with E-state index in [0.29, 0.717) is 19.4 Å². The second kappa shape index (κ2) is 8.41. The number of hydrogen-bond donors (Lipinski definition) is 2. The Kier molecular flexibility index (Phi) is 6.26. The third-order valence-corrected chi connectivity index (χ3v) is 4.09. The van der Waals surface area contributed by atoms with Gasteiger partial charge >= 0.3 is 12.0 Å². The van der Waals surface area contributed by atoms with Gasteiger partial charge in [-0.3, -0.25) is 29.4 Å². The van der Waals surface area contributed by atoms with Crippen LogP contribution in [0.15, 0.2) is 12.2 Å². The Morgan fingerprint density at radius 2 is 1.76 bits per heavy atom. The molecular formula is C16H21N3O6. The molecule has 1 saturated heterocycles. The normalized spacial score (nSPS) is 21.7. The summed E-state index contributed by atoms with van der Waals surface area (Å²) >= 11 is 0. The molecule has 25 heavy (non-hydrogen) atoms. The zero-order valence-electron chi connectivity index (χ0n) is 13.9. The molecule has 2 N–H and O–H groups in total. The van der Waals surface area contributed by atoms with Gasteiger partial charge < -0.3 is 10.1 Å². The van der Waals surface area contributed by atoms with Gasteiger partial charge in [0.1, 0.15) is 0 Å². The fourth-order valence-corrected chi connectivity index (χ4v) is 2.88. The molecule has 0 bridgehead atoms. The highest BCUT2D eigenvalue weighted by Gasteiger charge is 2.46. The molecule has 0 radical (unpaired) electrons. The van der Waals surface area contributed by atoms with Crippen molar-refractivity contribution in [3.63, 3.8) is 0 Å². The number of nitrogens with one attached hydrogen (secondary N) is 2. The van der Waals surface area contributed by atoms with Crippen molar-refractivity contribution in [2.75, 3.05) is 19.7 Å². The van der Waals surface area contributed by atoms with Crippen molar-refractivity contribution in [1.29, 1.82) is 0 Å². The number of esters is 1. The topological polar surface area (TPSA) is 122 Å². The third kappa shape index (κ3) is 4.65. The second-order valence-electron chi connectivity index (χ2n) is 5.80. The fourth-order valence-electron chi connectivity index (χ4n) is 2.88. The lowest BCUT2D eigenvalue weighted by Crippen LogP contribution is -2.41. The monoisotopic (exact) mass is 351 g/mol. The number of amides is 5. The van der Waals surface area contributed by atoms with Gasteiger partial charge in [0.05, 0.1) is 18.3 Å². The molecule has 0 aromatic carbocycles. The zero-order valence-corrected chi connectivity index (χ0v) is 13.9. The van der Waals surface area contributed by atoms with E-state index in [1.54, 1.807) is 6.92 Å². The SMILES string of the molecule is CCNC(=O)NC(=O)COC(=O)CCN1C(=O)[C@H]2CC=CC[C@@H]2C1=O. The fraction of sp³-hybridized carbons (Fsp3) is 0.562. The number of imide groups is 2. The van der Waals surface area contributed by atoms with Crippen LogP contribution in [0.4, 0.5) is 4.79 Å². The van der Waals surface area contributed by atoms with Gasteiger partial charge in [-0.25, -0.2) is 4.79 Å². The van der Waals surface area contributed by atoms with Gasteiger partial charge in [-0.2, -0.15) is 0 Å². The van der Waals surface area contributed by atoms with Gasteiger partial charge in [0.25, 0.3) is 5.91 Å². The Morgan fingerprint density at radius 1 is 1.16 bits per heavy atom. The molecule has 0 aromatic heterocycles. The molecule has 9 nitrogen and oxygen atoms in total. The lowest BCUT2D eigenvalue weighted by molar-refractivity contribution is -0.149. The number of carbonyl (C=O) groups excluding carboxylic acids is 5. The van der Waals surface area contributed by atoms with Gasteiger partial charge in [0.2, 0.25) is 11.8 Å². The van der Waals surface area contributed by atoms with E-state index in [1.807, 2.05) is 17.5 Å². The molecular weight excluding hydrogens is 330 g/mol. The Labute approximate surface area is 144 Å². The van der Waals surface area contributed by atoms with E-state index >= 15 is 0 Å². The van der Waals surface area contributed by atoms with E-state index in [2.05, 4.69) is 5.32 Å². The molecule has 0 saturated carbocycles. The first-order chi connectivity index (χ1) is 11.9. The molecule has 1 fully saturated rings. The quantitative estimate of drug-likeness (QED) is 0.385. The summed E-state index contributed by atoms with van der Waals surface area (Å²) in [6.07, 6.45) is 4.65. The van der Waals surface area contributed by atoms with E-state index in [0.717, 1.165) is 4.90 Å². The molecule has 2 rings (SSSR count). The van der Waals surface area contributed by atoms with Crippen molar-refractivity contribution in [2.45, 2.75) is 26.2 Å². The smallest absolute Gasteiger partial charge is 0.321 e. The summed E-state index contributed by atoms with van der Waals surface area (Å²) in [5.41, 5.74) is 0. The minimum absolute atomic E-state index is 0.0680. The van der Waals surface area contributed by atoms with Crippen molar-refractivity contribution >= 4 is 29.7 Å². The van der Waals surface area contributed by atoms with Crippen LogP contribution in [0.5, 0.6) is 0 Å². The number of carbonyl (C=O) groups is 5. The first kappa shape index (κ1) is 18.6. The van der Waals surface area contributed by atoms with Crippen molar-refractivity contribution in [3.8, 4) is 0 Å². The summed E-state index contributed by atoms with van der Waals surface area (Å²) in [6.45, 7) is 1.37. The number of likely N-dealkylation sites (tertiary alicyclic amines) is 1. The molecule has 9 heteroatoms. The van der Waals surface area contributed by atoms with Crippen LogP contribution in [0.25, 0.3) is 0 Å². The summed E-state index contributed by atoms with van der Waals surface area (Å²) in [4.78, 5) is 59.7. The standard InChI is InChI=1S/C16H21N3O6/c1-2-17-16(24)18-12(20)9-25-13(21)7-8-19-14(22)10-5-3-4-6-11(10)15(19)23/h3-4,10-11H,2,5-9H2,1H3,(H2,17,18,20,24)/t10-,11-/m0/s1. The predicted molar refractivity (Wildman–Crippen MR) is 84.9 cm³/mol. The van der Waals surface area contributed by atoms with E-state index in [1.165, 1.54) is 0 Å². The van der Waals surface area contributed by atoms with E-state index in [9.17, 15) is 24.0 Å². The number of ether oxygens (including phenoxy) is 1. The van der Waals surface area contributed by atoms with E-state index in [-0.39, 0.29) is 36.6 Å². The van der Waals surface area contributed by atoms with Crippen molar-refractivity contribution in [1.82, 2.24) is 15.5 Å². The molecule has 0 aromatic rings. The van der Waals surface area contributed by atoms with Crippen molar-refractivity contribution < 1.29 is 28.7 Å². The van der Waals surface area contributed by atoms with Crippen LogP contribution in [-0.2, 0) is 23.9 Å². The van der Waals surface area contributed by atoms with Gasteiger partial charge in [0.15, 0.2) is 6.61 Å². The Balaban J connectivity index is 1.73. The first-order valence-electron chi connectivity index (χ1n) is 8.17. The molecule has 0 spiro atoms. The van der Waals surface area contributed by atoms with Crippen molar-refractivity contribution in [3.05, 3.63) is 12.2 Å². The van der Waals surface area contributed by atoms with Gasteiger partial charge in [-0.1, -0.05) is 12.2 Å². The lowest BCUT2D eigenvalue weighted by Gasteiger charge is -2.14. The van der Waals surface area contributed by atoms with Crippen LogP contribution < -0.4 is 10.6 Å². The predicted octanol–water partition coefficient (Wildman–Crippen LogP) is -0.283. The lowest BCUT2D eigenvalue weighted by atomic mass is 9.85. The van der Waals surface area contributed by atoms with E-state index < -0.39 is 24.5 Å². The number of urea groups is 1. The maximum Gasteiger partial charge on any atom is 0.321 e. The molecule has 1 aliphatic carbocycles. The Morgan fingerprint density at radius 3 is 2.32 bits per heavy atom. The van der Waals surface area contributed by atoms with Gasteiger partial charge in [-0.05, 0) is 19.8 Å². The summed E-state index contributed by atoms with van der Waals surface area (Å²) in [5.74, 6) is -2.68. The molecule has 2 atom stereocenters. The van der Waals surface area contributed by atoms with Gasteiger partial charge in [0, 0.05) is 13.1 Å². The largest absolute Gasteiger partial charge is 0.456 e. The van der Waals surface area contributed by atoms with Crippen LogP contribution in [0, 0.1) is 11.8 Å². The molecule has 1 aliphatic heterocycles. The molecule has 5 amide bonds. The van der Waals surface area contributed by atoms with E-state index in [4.69, 9.17) is 4.74 Å². The van der Waals surface area contributed by atoms with Crippen LogP contribution in [-0.4, -0.2) is 54.3 Å². The van der Waals surface area contributed by atoms with Crippen LogP contribution in [0.1, 0.15) is 26.2 Å². The minimum atomic E-state index is -0.760. The zero-order chi connectivity index (χ0) is 18.4. The maximum atomic E-state index is 12.2. The van der Waals surface area contributed by atoms with Crippen molar-refractivity contribution in [2.24, 2.45) is 11.8 Å². The number of hydrogen-bond acceptors (Lipinski definition) is 6. The minimum Gasteiger partial charge on any atom is -0.456 e. The van der Waals surface area contributed by atoms with Crippen LogP contribution in [0.2, 0.25) is 0 Å². The summed E-state index contributed by atoms with van der Waals surface area (Å²) in [5, 5.41) is 4.35. The average molecular weight is 351 g/mol. The number of nitrogens with zero attached hydrogens (tertiary/aromatic N) is 1. The van der Waals surface area contributed by atoms with Crippen LogP contribution in [0.3, 0.4) is 0 Å². The highest BCUT2D eigenvalue weighted by molar-refractivity contribution is 6.05. The second-order valence-corrected chi connectivity index (χ2v) is 5.80. The first-order valence-corrected chi connectivity index (χ1v) is 8.17. The van der Waals surface area contributed by atoms with Crippen LogP contribution >= 0.6 is 0 Å². The molecule has 2 aliphatic rings. The average Bonchev–Trinajstić information content (AvgIpc) is 2.83. The number of rotatable bonds is 6. The number of allylic oxidation sites excluding steroid dienone is 2. The Bertz CT molecular complexity index is 589. The summed E-state index contributed by atoms with van der Waals surface area (Å²) in [7, 11) is 0. The highest BCUT2D eigenvalue weighted by Crippen LogP contribution is 2.34. The Hall–Kier alpha value is -2.71. The molecule has 136 valence electrons. The number of fused-ring (bicyclic) bond motifs is 1. The van der Waals surface area contributed by atoms with Gasteiger partial charge in [-0.15, -0.1) is 0 Å². The summed E-state index contributed by atoms with van der Waals surface area (Å²) in [6, 6.07) is -0.673. The molecule has 1 heterocycles. The third-order valence-electron chi connectivity index (χ3n) is 4.09.